The van der Waals surface area contributed by atoms with E-state index in [0.717, 1.165) is 9.86 Å². The fourth-order valence-electron chi connectivity index (χ4n) is 1.82. The molecule has 20 heavy (non-hydrogen) atoms. The predicted molar refractivity (Wildman–Crippen MR) is 77.5 cm³/mol. The first-order valence-electron chi connectivity index (χ1n) is 6.07. The molecular weight excluding hydrogens is 326 g/mol. The van der Waals surface area contributed by atoms with Crippen LogP contribution in [-0.4, -0.2) is 25.0 Å². The molecule has 0 aliphatic rings. The van der Waals surface area contributed by atoms with Gasteiger partial charge in [-0.15, -0.1) is 0 Å². The molecule has 0 saturated heterocycles. The molecule has 1 atom stereocenters. The summed E-state index contributed by atoms with van der Waals surface area (Å²) in [4.78, 5) is 23.2. The number of benzene rings is 1. The molecule has 1 aromatic heterocycles. The Kier molecular flexibility index (Phi) is 4.44. The lowest BCUT2D eigenvalue weighted by Crippen LogP contribution is -2.34. The molecule has 6 heteroatoms. The van der Waals surface area contributed by atoms with Crippen molar-refractivity contribution in [2.75, 3.05) is 7.11 Å². The average molecular weight is 340 g/mol. The molecule has 5 nitrogen and oxygen atoms in total. The molecule has 2 aromatic rings. The average Bonchev–Trinajstić information content (AvgIpc) is 2.84. The van der Waals surface area contributed by atoms with Crippen LogP contribution in [0.4, 0.5) is 0 Å². The maximum atomic E-state index is 12.0. The number of para-hydroxylation sites is 1. The number of esters is 1. The van der Waals surface area contributed by atoms with Crippen molar-refractivity contribution in [3.63, 3.8) is 0 Å². The molecule has 1 N–H and O–H groups in total. The van der Waals surface area contributed by atoms with Gasteiger partial charge in [-0.1, -0.05) is 12.1 Å². The molecule has 0 aliphatic carbocycles. The van der Waals surface area contributed by atoms with Crippen LogP contribution in [0.1, 0.15) is 23.9 Å². The smallest absolute Gasteiger partial charge is 0.307 e. The fourth-order valence-corrected chi connectivity index (χ4v) is 2.28. The van der Waals surface area contributed by atoms with Gasteiger partial charge in [-0.3, -0.25) is 9.59 Å². The lowest BCUT2D eigenvalue weighted by molar-refractivity contribution is -0.141. The molecule has 0 fully saturated rings. The molecule has 0 radical (unpaired) electrons. The quantitative estimate of drug-likeness (QED) is 0.869. The Morgan fingerprint density at radius 2 is 2.20 bits per heavy atom. The number of fused-ring (bicyclic) bond motifs is 1. The first-order valence-corrected chi connectivity index (χ1v) is 6.86. The van der Waals surface area contributed by atoms with Crippen molar-refractivity contribution in [2.45, 2.75) is 19.4 Å². The molecule has 0 bridgehead atoms. The zero-order valence-corrected chi connectivity index (χ0v) is 12.7. The SMILES string of the molecule is COC(=O)CC(C)NC(=O)c1cc2cccc(Br)c2o1. The van der Waals surface area contributed by atoms with Crippen LogP contribution < -0.4 is 5.32 Å². The number of furan rings is 1. The summed E-state index contributed by atoms with van der Waals surface area (Å²) in [5, 5.41) is 3.53. The van der Waals surface area contributed by atoms with E-state index in [4.69, 9.17) is 4.42 Å². The summed E-state index contributed by atoms with van der Waals surface area (Å²) in [7, 11) is 1.31. The van der Waals surface area contributed by atoms with Crippen LogP contribution >= 0.6 is 15.9 Å². The number of ether oxygens (including phenoxy) is 1. The van der Waals surface area contributed by atoms with Gasteiger partial charge in [0.2, 0.25) is 0 Å². The second kappa shape index (κ2) is 6.09. The number of amides is 1. The molecule has 1 amide bonds. The van der Waals surface area contributed by atoms with Crippen LogP contribution in [0.15, 0.2) is 33.2 Å². The maximum absolute atomic E-state index is 12.0. The minimum atomic E-state index is -0.370. The van der Waals surface area contributed by atoms with Crippen molar-refractivity contribution in [3.8, 4) is 0 Å². The van der Waals surface area contributed by atoms with E-state index >= 15 is 0 Å². The molecule has 1 heterocycles. The summed E-state index contributed by atoms with van der Waals surface area (Å²) in [5.41, 5.74) is 0.623. The topological polar surface area (TPSA) is 68.5 Å². The summed E-state index contributed by atoms with van der Waals surface area (Å²) in [6.07, 6.45) is 0.117. The Balaban J connectivity index is 2.11. The van der Waals surface area contributed by atoms with E-state index in [-0.39, 0.29) is 30.1 Å². The zero-order chi connectivity index (χ0) is 14.7. The molecule has 2 rings (SSSR count). The largest absolute Gasteiger partial charge is 0.469 e. The van der Waals surface area contributed by atoms with Gasteiger partial charge < -0.3 is 14.5 Å². The van der Waals surface area contributed by atoms with E-state index in [2.05, 4.69) is 26.0 Å². The Hall–Kier alpha value is -1.82. The van der Waals surface area contributed by atoms with E-state index in [1.54, 1.807) is 13.0 Å². The van der Waals surface area contributed by atoms with Crippen molar-refractivity contribution in [1.29, 1.82) is 0 Å². The number of carbonyl (C=O) groups excluding carboxylic acids is 2. The van der Waals surface area contributed by atoms with Gasteiger partial charge in [0.15, 0.2) is 5.76 Å². The van der Waals surface area contributed by atoms with Crippen LogP contribution in [0.2, 0.25) is 0 Å². The Bertz CT molecular complexity index is 650. The third-order valence-electron chi connectivity index (χ3n) is 2.80. The second-order valence-corrected chi connectivity index (χ2v) is 5.28. The van der Waals surface area contributed by atoms with Gasteiger partial charge in [0.1, 0.15) is 5.58 Å². The van der Waals surface area contributed by atoms with Gasteiger partial charge in [0.25, 0.3) is 5.91 Å². The van der Waals surface area contributed by atoms with Crippen molar-refractivity contribution in [1.82, 2.24) is 5.32 Å². The number of halogens is 1. The van der Waals surface area contributed by atoms with Gasteiger partial charge in [0.05, 0.1) is 18.0 Å². The fraction of sp³-hybridized carbons (Fsp3) is 0.286. The molecule has 1 unspecified atom stereocenters. The number of nitrogens with one attached hydrogen (secondary N) is 1. The Morgan fingerprint density at radius 1 is 1.45 bits per heavy atom. The Morgan fingerprint density at radius 3 is 2.85 bits per heavy atom. The summed E-state index contributed by atoms with van der Waals surface area (Å²) in [6.45, 7) is 1.73. The molecule has 0 saturated carbocycles. The minimum Gasteiger partial charge on any atom is -0.469 e. The minimum absolute atomic E-state index is 0.117. The summed E-state index contributed by atoms with van der Waals surface area (Å²) in [6, 6.07) is 6.90. The standard InChI is InChI=1S/C14H14BrNO4/c1-8(6-12(17)19-2)16-14(18)11-7-9-4-3-5-10(15)13(9)20-11/h3-5,7-8H,6H2,1-2H3,(H,16,18). The number of hydrogen-bond acceptors (Lipinski definition) is 4. The van der Waals surface area contributed by atoms with Gasteiger partial charge in [-0.05, 0) is 35.0 Å². The highest BCUT2D eigenvalue weighted by molar-refractivity contribution is 9.10. The van der Waals surface area contributed by atoms with Gasteiger partial charge in [-0.25, -0.2) is 0 Å². The van der Waals surface area contributed by atoms with Crippen LogP contribution in [0, 0.1) is 0 Å². The van der Waals surface area contributed by atoms with E-state index < -0.39 is 0 Å². The van der Waals surface area contributed by atoms with Crippen molar-refractivity contribution in [3.05, 3.63) is 34.5 Å². The van der Waals surface area contributed by atoms with E-state index in [0.29, 0.717) is 5.58 Å². The van der Waals surface area contributed by atoms with E-state index in [1.807, 2.05) is 18.2 Å². The summed E-state index contributed by atoms with van der Waals surface area (Å²) < 4.78 is 10.9. The highest BCUT2D eigenvalue weighted by Gasteiger charge is 2.17. The van der Waals surface area contributed by atoms with E-state index in [1.165, 1.54) is 7.11 Å². The monoisotopic (exact) mass is 339 g/mol. The molecule has 1 aromatic carbocycles. The molecule has 0 aliphatic heterocycles. The molecular formula is C14H14BrNO4. The van der Waals surface area contributed by atoms with Crippen molar-refractivity contribution < 1.29 is 18.7 Å². The molecule has 106 valence electrons. The number of hydrogen-bond donors (Lipinski definition) is 1. The normalized spacial score (nSPS) is 12.2. The first-order chi connectivity index (χ1) is 9.51. The molecule has 0 spiro atoms. The highest BCUT2D eigenvalue weighted by atomic mass is 79.9. The summed E-state index contributed by atoms with van der Waals surface area (Å²) in [5.74, 6) is -0.515. The van der Waals surface area contributed by atoms with E-state index in [9.17, 15) is 9.59 Å². The predicted octanol–water partition coefficient (Wildman–Crippen LogP) is 2.88. The van der Waals surface area contributed by atoms with Gasteiger partial charge >= 0.3 is 5.97 Å². The number of rotatable bonds is 4. The van der Waals surface area contributed by atoms with Crippen LogP contribution in [0.5, 0.6) is 0 Å². The third kappa shape index (κ3) is 3.19. The number of carbonyl (C=O) groups is 2. The lowest BCUT2D eigenvalue weighted by Gasteiger charge is -2.10. The highest BCUT2D eigenvalue weighted by Crippen LogP contribution is 2.26. The maximum Gasteiger partial charge on any atom is 0.307 e. The Labute approximate surface area is 124 Å². The second-order valence-electron chi connectivity index (χ2n) is 4.42. The van der Waals surface area contributed by atoms with Crippen LogP contribution in [0.25, 0.3) is 11.0 Å². The van der Waals surface area contributed by atoms with Gasteiger partial charge in [-0.2, -0.15) is 0 Å². The van der Waals surface area contributed by atoms with Crippen molar-refractivity contribution >= 4 is 38.8 Å². The summed E-state index contributed by atoms with van der Waals surface area (Å²) >= 11 is 3.37. The zero-order valence-electron chi connectivity index (χ0n) is 11.1. The lowest BCUT2D eigenvalue weighted by atomic mass is 10.2. The third-order valence-corrected chi connectivity index (χ3v) is 3.42. The van der Waals surface area contributed by atoms with Crippen molar-refractivity contribution in [2.24, 2.45) is 0 Å². The van der Waals surface area contributed by atoms with Crippen LogP contribution in [-0.2, 0) is 9.53 Å². The first kappa shape index (κ1) is 14.6. The number of methoxy groups -OCH3 is 1. The van der Waals surface area contributed by atoms with Gasteiger partial charge in [0, 0.05) is 11.4 Å². The van der Waals surface area contributed by atoms with Crippen LogP contribution in [0.3, 0.4) is 0 Å².